The van der Waals surface area contributed by atoms with Gasteiger partial charge in [-0.2, -0.15) is 11.5 Å². The van der Waals surface area contributed by atoms with Crippen molar-refractivity contribution >= 4 is 37.2 Å². The first-order valence-electron chi connectivity index (χ1n) is 17.1. The van der Waals surface area contributed by atoms with Crippen molar-refractivity contribution in [3.8, 4) is 0 Å². The van der Waals surface area contributed by atoms with Crippen molar-refractivity contribution in [3.05, 3.63) is 0 Å². The summed E-state index contributed by atoms with van der Waals surface area (Å²) in [6.07, 6.45) is 32.6. The molecule has 0 radical (unpaired) electrons. The van der Waals surface area contributed by atoms with Crippen LogP contribution < -0.4 is 0 Å². The van der Waals surface area contributed by atoms with Crippen molar-refractivity contribution in [2.24, 2.45) is 0 Å². The third-order valence-corrected chi connectivity index (χ3v) is 7.54. The van der Waals surface area contributed by atoms with Gasteiger partial charge in [-0.1, -0.05) is 155 Å². The molecule has 0 saturated heterocycles. The number of carbonyl (C=O) groups is 2. The molecular weight excluding hydrogens is 602 g/mol. The Hall–Kier alpha value is 0.263. The van der Waals surface area contributed by atoms with Crippen LogP contribution in [-0.2, 0) is 63.8 Å². The van der Waals surface area contributed by atoms with Gasteiger partial charge in [-0.15, -0.1) is 0 Å². The molecule has 240 valence electrons. The van der Waals surface area contributed by atoms with Crippen molar-refractivity contribution < 1.29 is 38.5 Å². The second kappa shape index (κ2) is 42.4. The van der Waals surface area contributed by atoms with Gasteiger partial charge in [0.1, 0.15) is 0 Å². The van der Waals surface area contributed by atoms with Crippen LogP contribution in [0.25, 0.3) is 0 Å². The van der Waals surface area contributed by atoms with E-state index in [-0.39, 0.29) is 31.4 Å². The molecule has 0 bridgehead atoms. The summed E-state index contributed by atoms with van der Waals surface area (Å²) < 4.78 is 10.1. The second-order valence-corrected chi connectivity index (χ2v) is 11.9. The Kier molecular flexibility index (Phi) is 47.2. The van der Waals surface area contributed by atoms with Crippen LogP contribution in [0.4, 0.5) is 0 Å². The molecule has 0 aromatic heterocycles. The molecule has 41 heavy (non-hydrogen) atoms. The van der Waals surface area contributed by atoms with Crippen LogP contribution in [-0.4, -0.2) is 36.7 Å². The standard InChI is InChI=1S/2C17H34O2S.Zn/c2*1-2-3-4-5-6-7-8-9-10-11-12-13-15-19-17(18)14-16-20;/h2*20H,2-16H2,1H3;/q;;+2/p-2. The Labute approximate surface area is 280 Å². The van der Waals surface area contributed by atoms with Crippen molar-refractivity contribution in [2.45, 2.75) is 181 Å². The minimum atomic E-state index is -0.136. The molecule has 0 unspecified atom stereocenters. The summed E-state index contributed by atoms with van der Waals surface area (Å²) in [7, 11) is 0. The second-order valence-electron chi connectivity index (χ2n) is 11.1. The number of hydrogen-bond acceptors (Lipinski definition) is 6. The molecular formula is C34H66O4S2Zn. The average Bonchev–Trinajstić information content (AvgIpc) is 2.94. The van der Waals surface area contributed by atoms with Gasteiger partial charge < -0.3 is 34.7 Å². The monoisotopic (exact) mass is 666 g/mol. The molecule has 0 rings (SSSR count). The summed E-state index contributed by atoms with van der Waals surface area (Å²) >= 11 is 9.46. The average molecular weight is 668 g/mol. The Balaban J connectivity index is -0.000000688. The first-order chi connectivity index (χ1) is 19.6. The minimum Gasteiger partial charge on any atom is -0.792 e. The summed E-state index contributed by atoms with van der Waals surface area (Å²) in [6, 6.07) is 0. The zero-order valence-corrected chi connectivity index (χ0v) is 32.0. The molecule has 7 heteroatoms. The van der Waals surface area contributed by atoms with E-state index in [4.69, 9.17) is 34.7 Å². The first kappa shape index (κ1) is 45.7. The molecule has 0 atom stereocenters. The number of unbranched alkanes of at least 4 members (excludes halogenated alkanes) is 22. The van der Waals surface area contributed by atoms with Crippen LogP contribution >= 0.6 is 0 Å². The van der Waals surface area contributed by atoms with E-state index in [0.717, 1.165) is 12.8 Å². The maximum Gasteiger partial charge on any atom is 2.00 e. The fraction of sp³-hybridized carbons (Fsp3) is 0.941. The third kappa shape index (κ3) is 44.8. The molecule has 0 spiro atoms. The van der Waals surface area contributed by atoms with Gasteiger partial charge in [0.2, 0.25) is 0 Å². The van der Waals surface area contributed by atoms with Crippen LogP contribution in [0, 0.1) is 0 Å². The molecule has 0 aromatic rings. The molecule has 0 saturated carbocycles. The number of hydrogen-bond donors (Lipinski definition) is 0. The first-order valence-corrected chi connectivity index (χ1v) is 18.2. The van der Waals surface area contributed by atoms with Crippen LogP contribution in [0.3, 0.4) is 0 Å². The molecule has 0 aliphatic heterocycles. The largest absolute Gasteiger partial charge is 2.00 e. The van der Waals surface area contributed by atoms with E-state index in [2.05, 4.69) is 13.8 Å². The maximum atomic E-state index is 11.1. The van der Waals surface area contributed by atoms with E-state index in [1.54, 1.807) is 0 Å². The predicted octanol–water partition coefficient (Wildman–Crippen LogP) is 10.3. The number of rotatable bonds is 30. The summed E-state index contributed by atoms with van der Waals surface area (Å²) in [5, 5.41) is 0. The van der Waals surface area contributed by atoms with Crippen LogP contribution in [0.5, 0.6) is 0 Å². The van der Waals surface area contributed by atoms with Gasteiger partial charge in [-0.3, -0.25) is 9.59 Å². The van der Waals surface area contributed by atoms with Gasteiger partial charge in [0.15, 0.2) is 0 Å². The van der Waals surface area contributed by atoms with Crippen molar-refractivity contribution in [1.29, 1.82) is 0 Å². The summed E-state index contributed by atoms with van der Waals surface area (Å²) in [6.45, 7) is 5.68. The Morgan fingerprint density at radius 3 is 0.854 bits per heavy atom. The fourth-order valence-electron chi connectivity index (χ4n) is 4.57. The van der Waals surface area contributed by atoms with E-state index in [0.29, 0.717) is 37.6 Å². The van der Waals surface area contributed by atoms with Crippen molar-refractivity contribution in [1.82, 2.24) is 0 Å². The third-order valence-electron chi connectivity index (χ3n) is 7.13. The van der Waals surface area contributed by atoms with E-state index < -0.39 is 0 Å². The molecule has 0 aromatic carbocycles. The summed E-state index contributed by atoms with van der Waals surface area (Å²) in [5.41, 5.74) is 0. The van der Waals surface area contributed by atoms with Crippen molar-refractivity contribution in [3.63, 3.8) is 0 Å². The topological polar surface area (TPSA) is 52.6 Å². The fourth-order valence-corrected chi connectivity index (χ4v) is 4.90. The number of ether oxygens (including phenoxy) is 2. The normalized spacial score (nSPS) is 10.4. The Bertz CT molecular complexity index is 465. The van der Waals surface area contributed by atoms with Crippen LogP contribution in [0.1, 0.15) is 181 Å². The van der Waals surface area contributed by atoms with E-state index in [1.165, 1.54) is 141 Å². The minimum absolute atomic E-state index is 0. The van der Waals surface area contributed by atoms with E-state index in [1.807, 2.05) is 0 Å². The predicted molar refractivity (Wildman–Crippen MR) is 178 cm³/mol. The molecule has 0 fully saturated rings. The maximum absolute atomic E-state index is 11.1. The molecule has 0 amide bonds. The van der Waals surface area contributed by atoms with Gasteiger partial charge in [0.05, 0.1) is 13.2 Å². The molecule has 0 aliphatic carbocycles. The Morgan fingerprint density at radius 1 is 0.415 bits per heavy atom. The summed E-state index contributed by atoms with van der Waals surface area (Å²) in [5.74, 6) is 0.667. The molecule has 0 aliphatic rings. The SMILES string of the molecule is CCCCCCCCCCCCCCOC(=O)CC[S-].CCCCCCCCCCCCCCOC(=O)CC[S-].[Zn+2]. The summed E-state index contributed by atoms with van der Waals surface area (Å²) in [4.78, 5) is 22.1. The smallest absolute Gasteiger partial charge is 0.792 e. The van der Waals surface area contributed by atoms with E-state index in [9.17, 15) is 9.59 Å². The van der Waals surface area contributed by atoms with Crippen LogP contribution in [0.2, 0.25) is 0 Å². The zero-order chi connectivity index (χ0) is 29.8. The van der Waals surface area contributed by atoms with Gasteiger partial charge in [0, 0.05) is 12.8 Å². The zero-order valence-electron chi connectivity index (χ0n) is 27.4. The van der Waals surface area contributed by atoms with Gasteiger partial charge in [-0.05, 0) is 12.8 Å². The number of carbonyl (C=O) groups excluding carboxylic acids is 2. The Morgan fingerprint density at radius 2 is 0.634 bits per heavy atom. The molecule has 4 nitrogen and oxygen atoms in total. The molecule has 0 N–H and O–H groups in total. The van der Waals surface area contributed by atoms with Gasteiger partial charge >= 0.3 is 31.4 Å². The van der Waals surface area contributed by atoms with Gasteiger partial charge in [-0.25, -0.2) is 0 Å². The van der Waals surface area contributed by atoms with Crippen molar-refractivity contribution in [2.75, 3.05) is 24.7 Å². The van der Waals surface area contributed by atoms with E-state index >= 15 is 0 Å². The quantitative estimate of drug-likeness (QED) is 0.0329. The number of esters is 2. The van der Waals surface area contributed by atoms with Crippen LogP contribution in [0.15, 0.2) is 0 Å². The van der Waals surface area contributed by atoms with Gasteiger partial charge in [0.25, 0.3) is 0 Å². The molecule has 0 heterocycles.